The molecule has 1 fully saturated rings. The molecule has 0 bridgehead atoms. The highest BCUT2D eigenvalue weighted by Crippen LogP contribution is 2.23. The van der Waals surface area contributed by atoms with Gasteiger partial charge in [-0.15, -0.1) is 0 Å². The van der Waals surface area contributed by atoms with E-state index in [-0.39, 0.29) is 11.8 Å². The highest BCUT2D eigenvalue weighted by atomic mass is 16.5. The zero-order chi connectivity index (χ0) is 22.6. The van der Waals surface area contributed by atoms with Crippen LogP contribution in [-0.2, 0) is 20.9 Å². The molecule has 8 heteroatoms. The van der Waals surface area contributed by atoms with Crippen LogP contribution in [0, 0.1) is 11.8 Å². The van der Waals surface area contributed by atoms with Gasteiger partial charge in [0.2, 0.25) is 5.91 Å². The topological polar surface area (TPSA) is 116 Å². The van der Waals surface area contributed by atoms with E-state index in [1.807, 2.05) is 24.3 Å². The highest BCUT2D eigenvalue weighted by Gasteiger charge is 2.26. The number of aliphatic carboxylic acids is 2. The second-order valence-corrected chi connectivity index (χ2v) is 7.90. The molecule has 0 aromatic heterocycles. The van der Waals surface area contributed by atoms with Crippen LogP contribution in [0.2, 0.25) is 0 Å². The van der Waals surface area contributed by atoms with Gasteiger partial charge in [0, 0.05) is 19.0 Å². The molecular formula is C23H32N2O6. The molecule has 1 unspecified atom stereocenters. The maximum Gasteiger partial charge on any atom is 0.414 e. The number of ether oxygens (including phenoxy) is 1. The number of carboxylic acid groups (broad SMARTS) is 2. The Hall–Kier alpha value is -2.87. The first kappa shape index (κ1) is 24.4. The van der Waals surface area contributed by atoms with Gasteiger partial charge in [-0.05, 0) is 68.8 Å². The van der Waals surface area contributed by atoms with Crippen molar-refractivity contribution in [2.24, 2.45) is 11.8 Å². The monoisotopic (exact) mass is 432 g/mol. The summed E-state index contributed by atoms with van der Waals surface area (Å²) in [6.45, 7) is 3.91. The summed E-state index contributed by atoms with van der Waals surface area (Å²) in [5.41, 5.74) is 1.11. The van der Waals surface area contributed by atoms with Crippen LogP contribution in [0.5, 0.6) is 5.75 Å². The third kappa shape index (κ3) is 8.80. The smallest absolute Gasteiger partial charge is 0.414 e. The zero-order valence-electron chi connectivity index (χ0n) is 18.0. The number of amides is 1. The van der Waals surface area contributed by atoms with E-state index >= 15 is 0 Å². The number of methoxy groups -OCH3 is 1. The number of nitrogens with zero attached hydrogens (tertiary/aromatic N) is 1. The first-order valence-corrected chi connectivity index (χ1v) is 10.6. The Kier molecular flexibility index (Phi) is 10.0. The summed E-state index contributed by atoms with van der Waals surface area (Å²) >= 11 is 0. The van der Waals surface area contributed by atoms with Gasteiger partial charge in [0.1, 0.15) is 5.75 Å². The summed E-state index contributed by atoms with van der Waals surface area (Å²) in [6, 6.07) is 7.86. The first-order valence-electron chi connectivity index (χ1n) is 10.6. The summed E-state index contributed by atoms with van der Waals surface area (Å²) in [5, 5.41) is 17.9. The molecule has 1 heterocycles. The molecule has 0 saturated carbocycles. The second kappa shape index (κ2) is 12.7. The van der Waals surface area contributed by atoms with Gasteiger partial charge in [-0.3, -0.25) is 4.79 Å². The Morgan fingerprint density at radius 3 is 2.19 bits per heavy atom. The van der Waals surface area contributed by atoms with Crippen LogP contribution in [0.4, 0.5) is 0 Å². The van der Waals surface area contributed by atoms with E-state index in [1.165, 1.54) is 25.8 Å². The quantitative estimate of drug-likeness (QED) is 0.467. The van der Waals surface area contributed by atoms with Gasteiger partial charge in [-0.1, -0.05) is 24.3 Å². The predicted molar refractivity (Wildman–Crippen MR) is 116 cm³/mol. The fourth-order valence-corrected chi connectivity index (χ4v) is 3.84. The Morgan fingerprint density at radius 1 is 1.03 bits per heavy atom. The first-order chi connectivity index (χ1) is 14.9. The number of benzene rings is 1. The van der Waals surface area contributed by atoms with E-state index in [4.69, 9.17) is 24.5 Å². The molecule has 1 aliphatic heterocycles. The summed E-state index contributed by atoms with van der Waals surface area (Å²) in [7, 11) is 1.66. The van der Waals surface area contributed by atoms with Gasteiger partial charge in [-0.25, -0.2) is 9.59 Å². The SMILES string of the molecule is COc1ccc(CNC(=O)C2CCN(CC3CC=CCC3)CC2)cc1.O=C(O)C(=O)O. The van der Waals surface area contributed by atoms with Gasteiger partial charge in [0.25, 0.3) is 0 Å². The van der Waals surface area contributed by atoms with Gasteiger partial charge in [0.15, 0.2) is 0 Å². The maximum atomic E-state index is 12.4. The van der Waals surface area contributed by atoms with Gasteiger partial charge < -0.3 is 25.2 Å². The van der Waals surface area contributed by atoms with Gasteiger partial charge in [-0.2, -0.15) is 0 Å². The number of rotatable bonds is 6. The molecule has 1 amide bonds. The lowest BCUT2D eigenvalue weighted by Gasteiger charge is -2.34. The molecule has 8 nitrogen and oxygen atoms in total. The average molecular weight is 433 g/mol. The van der Waals surface area contributed by atoms with Crippen molar-refractivity contribution in [3.05, 3.63) is 42.0 Å². The Balaban J connectivity index is 0.000000501. The van der Waals surface area contributed by atoms with Crippen molar-refractivity contribution >= 4 is 17.8 Å². The fourth-order valence-electron chi connectivity index (χ4n) is 3.84. The fraction of sp³-hybridized carbons (Fsp3) is 0.522. The van der Waals surface area contributed by atoms with Crippen molar-refractivity contribution < 1.29 is 29.3 Å². The molecule has 3 N–H and O–H groups in total. The molecule has 0 spiro atoms. The number of carbonyl (C=O) groups is 3. The number of allylic oxidation sites excluding steroid dienone is 2. The summed E-state index contributed by atoms with van der Waals surface area (Å²) in [5.74, 6) is -1.62. The van der Waals surface area contributed by atoms with Crippen molar-refractivity contribution in [1.29, 1.82) is 0 Å². The average Bonchev–Trinajstić information content (AvgIpc) is 2.79. The number of likely N-dealkylation sites (tertiary alicyclic amines) is 1. The molecule has 31 heavy (non-hydrogen) atoms. The van der Waals surface area contributed by atoms with E-state index < -0.39 is 11.9 Å². The summed E-state index contributed by atoms with van der Waals surface area (Å²) in [6.07, 6.45) is 10.4. The van der Waals surface area contributed by atoms with Crippen LogP contribution in [0.1, 0.15) is 37.7 Å². The van der Waals surface area contributed by atoms with Gasteiger partial charge >= 0.3 is 11.9 Å². The molecule has 2 aliphatic rings. The number of carboxylic acids is 2. The number of carbonyl (C=O) groups excluding carboxylic acids is 1. The van der Waals surface area contributed by atoms with E-state index in [0.29, 0.717) is 6.54 Å². The van der Waals surface area contributed by atoms with Crippen LogP contribution >= 0.6 is 0 Å². The molecule has 1 atom stereocenters. The lowest BCUT2D eigenvalue weighted by Crippen LogP contribution is -2.42. The van der Waals surface area contributed by atoms with Crippen molar-refractivity contribution in [2.45, 2.75) is 38.6 Å². The molecule has 0 radical (unpaired) electrons. The van der Waals surface area contributed by atoms with E-state index in [0.717, 1.165) is 43.2 Å². The Labute approximate surface area is 182 Å². The number of piperidine rings is 1. The van der Waals surface area contributed by atoms with E-state index in [1.54, 1.807) is 7.11 Å². The minimum absolute atomic E-state index is 0.167. The molecule has 1 saturated heterocycles. The molecular weight excluding hydrogens is 400 g/mol. The van der Waals surface area contributed by atoms with Crippen LogP contribution in [0.25, 0.3) is 0 Å². The van der Waals surface area contributed by atoms with Crippen molar-refractivity contribution in [1.82, 2.24) is 10.2 Å². The van der Waals surface area contributed by atoms with Crippen LogP contribution < -0.4 is 10.1 Å². The van der Waals surface area contributed by atoms with Crippen LogP contribution in [0.3, 0.4) is 0 Å². The standard InChI is InChI=1S/C21H30N2O2.C2H2O4/c1-25-20-9-7-17(8-10-20)15-22-21(24)19-11-13-23(14-12-19)16-18-5-3-2-4-6-18;3-1(4)2(5)6/h2-3,7-10,18-19H,4-6,11-16H2,1H3,(H,22,24);(H,3,4)(H,5,6). The van der Waals surface area contributed by atoms with Crippen molar-refractivity contribution in [2.75, 3.05) is 26.7 Å². The second-order valence-electron chi connectivity index (χ2n) is 7.90. The number of hydrogen-bond donors (Lipinski definition) is 3. The Bertz CT molecular complexity index is 742. The third-order valence-electron chi connectivity index (χ3n) is 5.66. The van der Waals surface area contributed by atoms with E-state index in [9.17, 15) is 4.79 Å². The van der Waals surface area contributed by atoms with Crippen molar-refractivity contribution in [3.63, 3.8) is 0 Å². The molecule has 3 rings (SSSR count). The number of hydrogen-bond acceptors (Lipinski definition) is 5. The predicted octanol–water partition coefficient (Wildman–Crippen LogP) is 2.54. The maximum absolute atomic E-state index is 12.4. The molecule has 170 valence electrons. The molecule has 1 aromatic carbocycles. The molecule has 1 aromatic rings. The van der Waals surface area contributed by atoms with Crippen LogP contribution in [-0.4, -0.2) is 59.7 Å². The lowest BCUT2D eigenvalue weighted by molar-refractivity contribution is -0.159. The highest BCUT2D eigenvalue weighted by molar-refractivity contribution is 6.27. The lowest BCUT2D eigenvalue weighted by atomic mass is 9.91. The van der Waals surface area contributed by atoms with Crippen molar-refractivity contribution in [3.8, 4) is 5.75 Å². The summed E-state index contributed by atoms with van der Waals surface area (Å²) in [4.78, 5) is 33.2. The minimum atomic E-state index is -1.82. The van der Waals surface area contributed by atoms with E-state index in [2.05, 4.69) is 22.4 Å². The Morgan fingerprint density at radius 2 is 1.68 bits per heavy atom. The zero-order valence-corrected chi connectivity index (χ0v) is 18.0. The van der Waals surface area contributed by atoms with Crippen LogP contribution in [0.15, 0.2) is 36.4 Å². The van der Waals surface area contributed by atoms with Gasteiger partial charge in [0.05, 0.1) is 7.11 Å². The molecule has 1 aliphatic carbocycles. The summed E-state index contributed by atoms with van der Waals surface area (Å²) < 4.78 is 5.16. The normalized spacial score (nSPS) is 19.1. The third-order valence-corrected chi connectivity index (χ3v) is 5.66. The minimum Gasteiger partial charge on any atom is -0.497 e. The largest absolute Gasteiger partial charge is 0.497 e. The number of nitrogens with one attached hydrogen (secondary N) is 1.